The Labute approximate surface area is 109 Å². The molecule has 1 saturated heterocycles. The third-order valence-electron chi connectivity index (χ3n) is 3.79. The molecule has 0 bridgehead atoms. The van der Waals surface area contributed by atoms with Crippen molar-refractivity contribution in [2.75, 3.05) is 27.4 Å². The zero-order chi connectivity index (χ0) is 13.0. The molecule has 3 heteroatoms. The molecule has 2 atom stereocenters. The first kappa shape index (κ1) is 13.4. The third-order valence-corrected chi connectivity index (χ3v) is 3.79. The maximum Gasteiger partial charge on any atom is 0.118 e. The van der Waals surface area contributed by atoms with Gasteiger partial charge in [-0.3, -0.25) is 0 Å². The van der Waals surface area contributed by atoms with Gasteiger partial charge < -0.3 is 14.8 Å². The summed E-state index contributed by atoms with van der Waals surface area (Å²) in [7, 11) is 3.47. The molecular weight excluding hydrogens is 226 g/mol. The summed E-state index contributed by atoms with van der Waals surface area (Å²) in [5, 5.41) is 3.57. The lowest BCUT2D eigenvalue weighted by Gasteiger charge is -2.39. The molecule has 3 nitrogen and oxygen atoms in total. The van der Waals surface area contributed by atoms with Crippen LogP contribution in [-0.4, -0.2) is 32.9 Å². The van der Waals surface area contributed by atoms with Crippen molar-refractivity contribution in [3.63, 3.8) is 0 Å². The van der Waals surface area contributed by atoms with Crippen LogP contribution in [0.5, 0.6) is 5.75 Å². The summed E-state index contributed by atoms with van der Waals surface area (Å²) >= 11 is 0. The maximum absolute atomic E-state index is 5.32. The van der Waals surface area contributed by atoms with Crippen LogP contribution in [0.1, 0.15) is 31.2 Å². The summed E-state index contributed by atoms with van der Waals surface area (Å²) in [5.74, 6) is 1.53. The van der Waals surface area contributed by atoms with Gasteiger partial charge in [0.25, 0.3) is 0 Å². The largest absolute Gasteiger partial charge is 0.497 e. The average molecular weight is 249 g/mol. The standard InChI is InChI=1S/C15H23NO2/c1-15(11-17-2)10-13(8-9-16-15)12-4-6-14(18-3)7-5-12/h4-7,13,16H,8-11H2,1-3H3. The van der Waals surface area contributed by atoms with E-state index < -0.39 is 0 Å². The van der Waals surface area contributed by atoms with Gasteiger partial charge in [0.15, 0.2) is 0 Å². The molecular formula is C15H23NO2. The lowest BCUT2D eigenvalue weighted by Crippen LogP contribution is -2.51. The highest BCUT2D eigenvalue weighted by atomic mass is 16.5. The van der Waals surface area contributed by atoms with Crippen LogP contribution in [0.3, 0.4) is 0 Å². The summed E-state index contributed by atoms with van der Waals surface area (Å²) in [6, 6.07) is 8.46. The Kier molecular flexibility index (Phi) is 4.25. The predicted molar refractivity (Wildman–Crippen MR) is 73.3 cm³/mol. The minimum Gasteiger partial charge on any atom is -0.497 e. The lowest BCUT2D eigenvalue weighted by molar-refractivity contribution is 0.0946. The minimum absolute atomic E-state index is 0.0948. The second-order valence-electron chi connectivity index (χ2n) is 5.38. The van der Waals surface area contributed by atoms with Gasteiger partial charge in [-0.15, -0.1) is 0 Å². The fraction of sp³-hybridized carbons (Fsp3) is 0.600. The minimum atomic E-state index is 0.0948. The van der Waals surface area contributed by atoms with Crippen LogP contribution in [-0.2, 0) is 4.74 Å². The molecule has 1 aliphatic heterocycles. The highest BCUT2D eigenvalue weighted by Gasteiger charge is 2.32. The van der Waals surface area contributed by atoms with Crippen LogP contribution in [0.4, 0.5) is 0 Å². The molecule has 2 rings (SSSR count). The summed E-state index contributed by atoms with van der Waals surface area (Å²) < 4.78 is 10.5. The first-order valence-electron chi connectivity index (χ1n) is 6.55. The quantitative estimate of drug-likeness (QED) is 0.889. The Hall–Kier alpha value is -1.06. The smallest absolute Gasteiger partial charge is 0.118 e. The molecule has 1 heterocycles. The van der Waals surface area contributed by atoms with Crippen molar-refractivity contribution in [3.8, 4) is 5.75 Å². The number of hydrogen-bond acceptors (Lipinski definition) is 3. The van der Waals surface area contributed by atoms with Crippen LogP contribution in [0.25, 0.3) is 0 Å². The first-order valence-corrected chi connectivity index (χ1v) is 6.55. The van der Waals surface area contributed by atoms with Crippen molar-refractivity contribution in [1.29, 1.82) is 0 Å². The Balaban J connectivity index is 2.07. The maximum atomic E-state index is 5.32. The Morgan fingerprint density at radius 2 is 2.00 bits per heavy atom. The van der Waals surface area contributed by atoms with Gasteiger partial charge in [-0.2, -0.15) is 0 Å². The van der Waals surface area contributed by atoms with E-state index in [0.717, 1.165) is 25.3 Å². The molecule has 2 unspecified atom stereocenters. The fourth-order valence-electron chi connectivity index (χ4n) is 2.86. The molecule has 0 spiro atoms. The number of nitrogens with one attached hydrogen (secondary N) is 1. The second kappa shape index (κ2) is 5.72. The normalized spacial score (nSPS) is 28.1. The number of hydrogen-bond donors (Lipinski definition) is 1. The number of piperidine rings is 1. The highest BCUT2D eigenvalue weighted by Crippen LogP contribution is 2.33. The summed E-state index contributed by atoms with van der Waals surface area (Å²) in [4.78, 5) is 0. The molecule has 100 valence electrons. The van der Waals surface area contributed by atoms with Crippen LogP contribution in [0.2, 0.25) is 0 Å². The Morgan fingerprint density at radius 3 is 2.61 bits per heavy atom. The van der Waals surface area contributed by atoms with E-state index in [-0.39, 0.29) is 5.54 Å². The molecule has 1 aliphatic rings. The van der Waals surface area contributed by atoms with E-state index in [1.807, 2.05) is 12.1 Å². The Morgan fingerprint density at radius 1 is 1.28 bits per heavy atom. The van der Waals surface area contributed by atoms with Gasteiger partial charge in [0, 0.05) is 12.6 Å². The molecule has 1 N–H and O–H groups in total. The summed E-state index contributed by atoms with van der Waals surface area (Å²) in [6.07, 6.45) is 2.30. The van der Waals surface area contributed by atoms with E-state index >= 15 is 0 Å². The first-order chi connectivity index (χ1) is 8.67. The molecule has 0 radical (unpaired) electrons. The van der Waals surface area contributed by atoms with Gasteiger partial charge in [-0.1, -0.05) is 12.1 Å². The molecule has 1 aromatic rings. The molecule has 0 saturated carbocycles. The van der Waals surface area contributed by atoms with Crippen LogP contribution >= 0.6 is 0 Å². The van der Waals surface area contributed by atoms with E-state index in [1.165, 1.54) is 12.0 Å². The van der Waals surface area contributed by atoms with E-state index in [4.69, 9.17) is 9.47 Å². The zero-order valence-electron chi connectivity index (χ0n) is 11.5. The van der Waals surface area contributed by atoms with Crippen LogP contribution in [0, 0.1) is 0 Å². The van der Waals surface area contributed by atoms with E-state index in [0.29, 0.717) is 5.92 Å². The highest BCUT2D eigenvalue weighted by molar-refractivity contribution is 5.30. The predicted octanol–water partition coefficient (Wildman–Crippen LogP) is 2.57. The second-order valence-corrected chi connectivity index (χ2v) is 5.38. The van der Waals surface area contributed by atoms with Crippen molar-refractivity contribution in [2.45, 2.75) is 31.2 Å². The SMILES string of the molecule is COCC1(C)CC(c2ccc(OC)cc2)CCN1. The van der Waals surface area contributed by atoms with Crippen molar-refractivity contribution in [2.24, 2.45) is 0 Å². The Bertz CT molecular complexity index is 373. The number of ether oxygens (including phenoxy) is 2. The summed E-state index contributed by atoms with van der Waals surface area (Å²) in [6.45, 7) is 4.06. The van der Waals surface area contributed by atoms with Gasteiger partial charge in [0.1, 0.15) is 5.75 Å². The summed E-state index contributed by atoms with van der Waals surface area (Å²) in [5.41, 5.74) is 1.50. The average Bonchev–Trinajstić information content (AvgIpc) is 2.39. The van der Waals surface area contributed by atoms with Gasteiger partial charge in [-0.25, -0.2) is 0 Å². The number of rotatable bonds is 4. The van der Waals surface area contributed by atoms with Crippen LogP contribution < -0.4 is 10.1 Å². The van der Waals surface area contributed by atoms with Gasteiger partial charge in [0.2, 0.25) is 0 Å². The van der Waals surface area contributed by atoms with Gasteiger partial charge >= 0.3 is 0 Å². The van der Waals surface area contributed by atoms with E-state index in [2.05, 4.69) is 24.4 Å². The number of benzene rings is 1. The number of methoxy groups -OCH3 is 2. The monoisotopic (exact) mass is 249 g/mol. The molecule has 18 heavy (non-hydrogen) atoms. The molecule has 0 aliphatic carbocycles. The topological polar surface area (TPSA) is 30.5 Å². The fourth-order valence-corrected chi connectivity index (χ4v) is 2.86. The van der Waals surface area contributed by atoms with Crippen molar-refractivity contribution in [1.82, 2.24) is 5.32 Å². The third kappa shape index (κ3) is 3.03. The van der Waals surface area contributed by atoms with Crippen molar-refractivity contribution >= 4 is 0 Å². The lowest BCUT2D eigenvalue weighted by atomic mass is 9.80. The molecule has 1 aromatic carbocycles. The molecule has 0 amide bonds. The zero-order valence-corrected chi connectivity index (χ0v) is 11.5. The van der Waals surface area contributed by atoms with E-state index in [9.17, 15) is 0 Å². The van der Waals surface area contributed by atoms with Crippen LogP contribution in [0.15, 0.2) is 24.3 Å². The van der Waals surface area contributed by atoms with Crippen molar-refractivity contribution < 1.29 is 9.47 Å². The van der Waals surface area contributed by atoms with Gasteiger partial charge in [-0.05, 0) is 49.9 Å². The molecule has 0 aromatic heterocycles. The van der Waals surface area contributed by atoms with Gasteiger partial charge in [0.05, 0.1) is 13.7 Å². The van der Waals surface area contributed by atoms with Crippen molar-refractivity contribution in [3.05, 3.63) is 29.8 Å². The molecule has 1 fully saturated rings. The van der Waals surface area contributed by atoms with E-state index in [1.54, 1.807) is 14.2 Å².